The molecule has 3 aromatic rings. The van der Waals surface area contributed by atoms with E-state index in [-0.39, 0.29) is 5.92 Å². The summed E-state index contributed by atoms with van der Waals surface area (Å²) in [6.45, 7) is 3.45. The molecular formula is C23H28N2O2S. The van der Waals surface area contributed by atoms with Gasteiger partial charge in [-0.2, -0.15) is 0 Å². The molecule has 28 heavy (non-hydrogen) atoms. The van der Waals surface area contributed by atoms with E-state index in [9.17, 15) is 8.42 Å². The summed E-state index contributed by atoms with van der Waals surface area (Å²) in [5, 5.41) is 0.709. The number of nitrogens with one attached hydrogen (secondary N) is 1. The van der Waals surface area contributed by atoms with Gasteiger partial charge in [0.1, 0.15) is 5.65 Å². The lowest BCUT2D eigenvalue weighted by molar-refractivity contribution is 0.469. The highest BCUT2D eigenvalue weighted by atomic mass is 32.2. The van der Waals surface area contributed by atoms with Crippen LogP contribution in [0.2, 0.25) is 0 Å². The predicted octanol–water partition coefficient (Wildman–Crippen LogP) is 5.46. The van der Waals surface area contributed by atoms with E-state index in [1.165, 1.54) is 36.9 Å². The van der Waals surface area contributed by atoms with Crippen LogP contribution < -0.4 is 0 Å². The number of fused-ring (bicyclic) bond motifs is 1. The summed E-state index contributed by atoms with van der Waals surface area (Å²) in [5.41, 5.74) is 3.24. The average Bonchev–Trinajstić information content (AvgIpc) is 3.35. The van der Waals surface area contributed by atoms with Gasteiger partial charge in [-0.15, -0.1) is 0 Å². The highest BCUT2D eigenvalue weighted by molar-refractivity contribution is 7.92. The Morgan fingerprint density at radius 1 is 1.11 bits per heavy atom. The van der Waals surface area contributed by atoms with Crippen LogP contribution in [0.3, 0.4) is 0 Å². The van der Waals surface area contributed by atoms with Crippen molar-refractivity contribution in [3.63, 3.8) is 0 Å². The third-order valence-electron chi connectivity index (χ3n) is 6.06. The fraction of sp³-hybridized carbons (Fsp3) is 0.435. The van der Waals surface area contributed by atoms with Gasteiger partial charge >= 0.3 is 0 Å². The highest BCUT2D eigenvalue weighted by Gasteiger charge is 2.25. The van der Waals surface area contributed by atoms with Gasteiger partial charge in [-0.05, 0) is 62.1 Å². The van der Waals surface area contributed by atoms with Crippen molar-refractivity contribution in [3.8, 4) is 0 Å². The van der Waals surface area contributed by atoms with E-state index in [2.05, 4.69) is 22.1 Å². The Labute approximate surface area is 167 Å². The van der Waals surface area contributed by atoms with Crippen molar-refractivity contribution in [2.75, 3.05) is 0 Å². The molecule has 1 aromatic carbocycles. The lowest BCUT2D eigenvalue weighted by Gasteiger charge is -2.21. The van der Waals surface area contributed by atoms with Crippen LogP contribution in [0.4, 0.5) is 0 Å². The van der Waals surface area contributed by atoms with Crippen LogP contribution >= 0.6 is 0 Å². The van der Waals surface area contributed by atoms with Gasteiger partial charge in [0.05, 0.1) is 10.1 Å². The van der Waals surface area contributed by atoms with Crippen molar-refractivity contribution in [2.24, 2.45) is 5.92 Å². The van der Waals surface area contributed by atoms with Crippen molar-refractivity contribution in [1.82, 2.24) is 9.97 Å². The van der Waals surface area contributed by atoms with Gasteiger partial charge in [0.25, 0.3) is 0 Å². The molecule has 1 aliphatic carbocycles. The number of nitrogens with zero attached hydrogens (tertiary/aromatic N) is 1. The van der Waals surface area contributed by atoms with Crippen LogP contribution in [-0.4, -0.2) is 23.6 Å². The molecule has 5 heteroatoms. The number of rotatable bonds is 6. The molecule has 0 radical (unpaired) electrons. The minimum Gasteiger partial charge on any atom is -0.343 e. The molecule has 4 nitrogen and oxygen atoms in total. The van der Waals surface area contributed by atoms with E-state index >= 15 is 0 Å². The molecule has 1 unspecified atom stereocenters. The van der Waals surface area contributed by atoms with Crippen molar-refractivity contribution < 1.29 is 8.42 Å². The first-order valence-electron chi connectivity index (χ1n) is 10.2. The molecule has 0 amide bonds. The van der Waals surface area contributed by atoms with Crippen molar-refractivity contribution in [1.29, 1.82) is 0 Å². The normalized spacial score (nSPS) is 16.8. The van der Waals surface area contributed by atoms with Crippen LogP contribution in [0.15, 0.2) is 53.6 Å². The third-order valence-corrected chi connectivity index (χ3v) is 8.23. The second kappa shape index (κ2) is 7.70. The van der Waals surface area contributed by atoms with E-state index in [1.54, 1.807) is 32.2 Å². The Hall–Kier alpha value is -2.14. The number of hydrogen-bond donors (Lipinski definition) is 1. The molecular weight excluding hydrogens is 368 g/mol. The maximum Gasteiger partial charge on any atom is 0.180 e. The zero-order chi connectivity index (χ0) is 19.7. The number of H-pyrrole nitrogens is 1. The Bertz CT molecular complexity index is 1010. The van der Waals surface area contributed by atoms with Crippen molar-refractivity contribution >= 4 is 20.9 Å². The van der Waals surface area contributed by atoms with Gasteiger partial charge in [0.2, 0.25) is 0 Å². The maximum absolute atomic E-state index is 12.5. The predicted molar refractivity (Wildman–Crippen MR) is 113 cm³/mol. The first kappa shape index (κ1) is 19.2. The summed E-state index contributed by atoms with van der Waals surface area (Å²) in [7, 11) is -3.24. The standard InChI is InChI=1S/C23H28N2O2S/c1-16(2)28(26,27)20-11-9-18(10-12-20)21(14-17-6-3-4-7-17)22-15-19-8-5-13-24-23(19)25-22/h5,8-13,15-17,21H,3-4,6-7,14H2,1-2H3,(H,24,25). The van der Waals surface area contributed by atoms with Gasteiger partial charge in [0, 0.05) is 23.2 Å². The summed E-state index contributed by atoms with van der Waals surface area (Å²) in [6.07, 6.45) is 8.10. The average molecular weight is 397 g/mol. The topological polar surface area (TPSA) is 62.8 Å². The summed E-state index contributed by atoms with van der Waals surface area (Å²) in [4.78, 5) is 8.35. The van der Waals surface area contributed by atoms with Crippen LogP contribution in [0.25, 0.3) is 11.0 Å². The number of benzene rings is 1. The molecule has 0 saturated heterocycles. The van der Waals surface area contributed by atoms with E-state index in [1.807, 2.05) is 18.2 Å². The van der Waals surface area contributed by atoms with E-state index in [0.717, 1.165) is 23.4 Å². The zero-order valence-electron chi connectivity index (χ0n) is 16.6. The van der Waals surface area contributed by atoms with Gasteiger partial charge in [-0.3, -0.25) is 0 Å². The van der Waals surface area contributed by atoms with Crippen LogP contribution in [0.1, 0.15) is 63.1 Å². The Morgan fingerprint density at radius 3 is 2.46 bits per heavy atom. The summed E-state index contributed by atoms with van der Waals surface area (Å²) >= 11 is 0. The quantitative estimate of drug-likeness (QED) is 0.602. The smallest absolute Gasteiger partial charge is 0.180 e. The Kier molecular flexibility index (Phi) is 5.28. The molecule has 1 saturated carbocycles. The molecule has 0 bridgehead atoms. The largest absolute Gasteiger partial charge is 0.343 e. The second-order valence-corrected chi connectivity index (χ2v) is 10.8. The highest BCUT2D eigenvalue weighted by Crippen LogP contribution is 2.38. The van der Waals surface area contributed by atoms with Crippen LogP contribution in [0.5, 0.6) is 0 Å². The molecule has 2 heterocycles. The fourth-order valence-electron chi connectivity index (χ4n) is 4.35. The van der Waals surface area contributed by atoms with Crippen LogP contribution in [-0.2, 0) is 9.84 Å². The van der Waals surface area contributed by atoms with E-state index in [4.69, 9.17) is 0 Å². The molecule has 1 aliphatic rings. The number of pyridine rings is 1. The van der Waals surface area contributed by atoms with Crippen LogP contribution in [0, 0.1) is 5.92 Å². The molecule has 1 fully saturated rings. The number of aromatic nitrogens is 2. The Balaban J connectivity index is 1.70. The number of aromatic amines is 1. The summed E-state index contributed by atoms with van der Waals surface area (Å²) in [5.74, 6) is 0.955. The first-order chi connectivity index (χ1) is 13.4. The van der Waals surface area contributed by atoms with Gasteiger partial charge in [0.15, 0.2) is 9.84 Å². The Morgan fingerprint density at radius 2 is 1.82 bits per heavy atom. The summed E-state index contributed by atoms with van der Waals surface area (Å²) in [6, 6.07) is 13.8. The van der Waals surface area contributed by atoms with E-state index < -0.39 is 15.1 Å². The molecule has 148 valence electrons. The molecule has 0 aliphatic heterocycles. The first-order valence-corrected chi connectivity index (χ1v) is 11.8. The molecule has 1 N–H and O–H groups in total. The molecule has 4 rings (SSSR count). The van der Waals surface area contributed by atoms with Gasteiger partial charge in [-0.25, -0.2) is 13.4 Å². The van der Waals surface area contributed by atoms with Gasteiger partial charge in [-0.1, -0.05) is 37.8 Å². The monoisotopic (exact) mass is 396 g/mol. The lowest BCUT2D eigenvalue weighted by atomic mass is 9.86. The second-order valence-electron chi connectivity index (χ2n) is 8.27. The molecule has 1 atom stereocenters. The zero-order valence-corrected chi connectivity index (χ0v) is 17.4. The van der Waals surface area contributed by atoms with E-state index in [0.29, 0.717) is 4.90 Å². The molecule has 0 spiro atoms. The lowest BCUT2D eigenvalue weighted by Crippen LogP contribution is -2.14. The summed E-state index contributed by atoms with van der Waals surface area (Å²) < 4.78 is 24.9. The number of hydrogen-bond acceptors (Lipinski definition) is 3. The maximum atomic E-state index is 12.5. The minimum atomic E-state index is -3.24. The third kappa shape index (κ3) is 3.72. The molecule has 2 aromatic heterocycles. The van der Waals surface area contributed by atoms with Gasteiger partial charge < -0.3 is 4.98 Å². The number of sulfone groups is 1. The van der Waals surface area contributed by atoms with Crippen molar-refractivity contribution in [2.45, 2.75) is 62.0 Å². The van der Waals surface area contributed by atoms with Crippen molar-refractivity contribution in [3.05, 3.63) is 59.9 Å². The SMILES string of the molecule is CC(C)S(=O)(=O)c1ccc(C(CC2CCCC2)c2cc3cccnc3[nH]2)cc1. The fourth-order valence-corrected chi connectivity index (χ4v) is 5.41. The minimum absolute atomic E-state index is 0.230.